The SMILES string of the molecule is Cc1cc(C(=O)N(CCCN2CCOCC2)c2nc3ccccc3s2)no1. The number of amides is 1. The van der Waals surface area contributed by atoms with Crippen LogP contribution in [0.2, 0.25) is 0 Å². The molecule has 0 spiro atoms. The summed E-state index contributed by atoms with van der Waals surface area (Å²) in [6, 6.07) is 9.59. The first kappa shape index (κ1) is 18.1. The lowest BCUT2D eigenvalue weighted by Gasteiger charge is -2.27. The first-order valence-electron chi connectivity index (χ1n) is 9.11. The summed E-state index contributed by atoms with van der Waals surface area (Å²) in [7, 11) is 0. The van der Waals surface area contributed by atoms with Crippen molar-refractivity contribution >= 4 is 32.6 Å². The van der Waals surface area contributed by atoms with Crippen LogP contribution in [0.5, 0.6) is 0 Å². The lowest BCUT2D eigenvalue weighted by Crippen LogP contribution is -2.39. The molecule has 1 aliphatic rings. The number of carbonyl (C=O) groups excluding carboxylic acids is 1. The summed E-state index contributed by atoms with van der Waals surface area (Å²) in [5.74, 6) is 0.448. The van der Waals surface area contributed by atoms with Gasteiger partial charge in [-0.25, -0.2) is 4.98 Å². The van der Waals surface area contributed by atoms with Crippen molar-refractivity contribution in [3.63, 3.8) is 0 Å². The van der Waals surface area contributed by atoms with Gasteiger partial charge in [-0.05, 0) is 25.5 Å². The first-order valence-corrected chi connectivity index (χ1v) is 9.93. The van der Waals surface area contributed by atoms with Crippen molar-refractivity contribution in [3.05, 3.63) is 41.8 Å². The minimum Gasteiger partial charge on any atom is -0.379 e. The molecule has 0 saturated carbocycles. The normalized spacial score (nSPS) is 15.3. The van der Waals surface area contributed by atoms with Crippen molar-refractivity contribution in [2.45, 2.75) is 13.3 Å². The van der Waals surface area contributed by atoms with Crippen molar-refractivity contribution in [3.8, 4) is 0 Å². The van der Waals surface area contributed by atoms with E-state index in [1.165, 1.54) is 11.3 Å². The average molecular weight is 386 g/mol. The van der Waals surface area contributed by atoms with Crippen LogP contribution in [0.3, 0.4) is 0 Å². The summed E-state index contributed by atoms with van der Waals surface area (Å²) in [5.41, 5.74) is 1.22. The first-order chi connectivity index (χ1) is 13.2. The molecule has 1 aliphatic heterocycles. The van der Waals surface area contributed by atoms with Crippen molar-refractivity contribution < 1.29 is 14.1 Å². The van der Waals surface area contributed by atoms with Crippen LogP contribution in [0.25, 0.3) is 10.2 Å². The Hall–Kier alpha value is -2.29. The van der Waals surface area contributed by atoms with E-state index in [4.69, 9.17) is 9.26 Å². The van der Waals surface area contributed by atoms with E-state index >= 15 is 0 Å². The highest BCUT2D eigenvalue weighted by atomic mass is 32.1. The van der Waals surface area contributed by atoms with Gasteiger partial charge >= 0.3 is 0 Å². The van der Waals surface area contributed by atoms with Gasteiger partial charge in [0.25, 0.3) is 5.91 Å². The van der Waals surface area contributed by atoms with E-state index < -0.39 is 0 Å². The third-order valence-corrected chi connectivity index (χ3v) is 5.62. The Labute approximate surface area is 161 Å². The van der Waals surface area contributed by atoms with E-state index in [0.717, 1.165) is 49.5 Å². The van der Waals surface area contributed by atoms with Crippen LogP contribution in [0.1, 0.15) is 22.7 Å². The van der Waals surface area contributed by atoms with Gasteiger partial charge in [0, 0.05) is 32.2 Å². The van der Waals surface area contributed by atoms with E-state index in [9.17, 15) is 4.79 Å². The molecular formula is C19H22N4O3S. The average Bonchev–Trinajstić information content (AvgIpc) is 3.31. The van der Waals surface area contributed by atoms with Crippen LogP contribution >= 0.6 is 11.3 Å². The van der Waals surface area contributed by atoms with E-state index in [1.54, 1.807) is 17.9 Å². The number of thiazole rings is 1. The molecule has 0 unspecified atom stereocenters. The molecule has 3 aromatic rings. The maximum atomic E-state index is 13.1. The van der Waals surface area contributed by atoms with Gasteiger partial charge < -0.3 is 9.26 Å². The van der Waals surface area contributed by atoms with Crippen LogP contribution in [0.15, 0.2) is 34.9 Å². The second-order valence-corrected chi connectivity index (χ2v) is 7.56. The maximum absolute atomic E-state index is 13.1. The molecular weight excluding hydrogens is 364 g/mol. The van der Waals surface area contributed by atoms with Gasteiger partial charge in [-0.1, -0.05) is 28.6 Å². The summed E-state index contributed by atoms with van der Waals surface area (Å²) >= 11 is 1.52. The molecule has 1 aromatic carbocycles. The van der Waals surface area contributed by atoms with Gasteiger partial charge in [0.1, 0.15) is 5.76 Å². The molecule has 27 heavy (non-hydrogen) atoms. The Morgan fingerprint density at radius 1 is 1.30 bits per heavy atom. The number of hydrogen-bond donors (Lipinski definition) is 0. The number of morpholine rings is 1. The van der Waals surface area contributed by atoms with Crippen molar-refractivity contribution in [2.24, 2.45) is 0 Å². The van der Waals surface area contributed by atoms with E-state index in [1.807, 2.05) is 24.3 Å². The van der Waals surface area contributed by atoms with Crippen molar-refractivity contribution in [2.75, 3.05) is 44.3 Å². The molecule has 1 fully saturated rings. The minimum absolute atomic E-state index is 0.173. The standard InChI is InChI=1S/C19H22N4O3S/c1-14-13-16(21-26-14)18(24)23(8-4-7-22-9-11-25-12-10-22)19-20-15-5-2-3-6-17(15)27-19/h2-3,5-6,13H,4,7-12H2,1H3. The fraction of sp³-hybridized carbons (Fsp3) is 0.421. The number of nitrogens with zero attached hydrogens (tertiary/aromatic N) is 4. The molecule has 0 radical (unpaired) electrons. The third kappa shape index (κ3) is 4.18. The lowest BCUT2D eigenvalue weighted by atomic mass is 10.3. The topological polar surface area (TPSA) is 71.7 Å². The molecule has 0 aliphatic carbocycles. The summed E-state index contributed by atoms with van der Waals surface area (Å²) in [6.45, 7) is 6.73. The van der Waals surface area contributed by atoms with Crippen LogP contribution in [-0.4, -0.2) is 60.3 Å². The number of fused-ring (bicyclic) bond motifs is 1. The van der Waals surface area contributed by atoms with E-state index in [2.05, 4.69) is 15.0 Å². The number of rotatable bonds is 6. The highest BCUT2D eigenvalue weighted by molar-refractivity contribution is 7.22. The molecule has 1 saturated heterocycles. The highest BCUT2D eigenvalue weighted by Crippen LogP contribution is 2.29. The molecule has 142 valence electrons. The second kappa shape index (κ2) is 8.16. The van der Waals surface area contributed by atoms with Crippen LogP contribution in [0.4, 0.5) is 5.13 Å². The summed E-state index contributed by atoms with van der Waals surface area (Å²) in [5, 5.41) is 4.60. The third-order valence-electron chi connectivity index (χ3n) is 4.57. The lowest BCUT2D eigenvalue weighted by molar-refractivity contribution is 0.0376. The predicted octanol–water partition coefficient (Wildman–Crippen LogP) is 2.96. The minimum atomic E-state index is -0.173. The summed E-state index contributed by atoms with van der Waals surface area (Å²) < 4.78 is 11.6. The van der Waals surface area contributed by atoms with Crippen molar-refractivity contribution in [1.29, 1.82) is 0 Å². The van der Waals surface area contributed by atoms with E-state index in [-0.39, 0.29) is 5.91 Å². The Balaban J connectivity index is 1.53. The molecule has 3 heterocycles. The van der Waals surface area contributed by atoms with Gasteiger partial charge in [-0.2, -0.15) is 0 Å². The molecule has 1 amide bonds. The number of anilines is 1. The number of hydrogen-bond acceptors (Lipinski definition) is 7. The molecule has 0 bridgehead atoms. The molecule has 7 nitrogen and oxygen atoms in total. The number of aryl methyl sites for hydroxylation is 1. The number of benzene rings is 1. The zero-order chi connectivity index (χ0) is 18.6. The van der Waals surface area contributed by atoms with Gasteiger partial charge in [-0.3, -0.25) is 14.6 Å². The highest BCUT2D eigenvalue weighted by Gasteiger charge is 2.24. The Morgan fingerprint density at radius 2 is 2.11 bits per heavy atom. The van der Waals surface area contributed by atoms with Crippen LogP contribution in [0, 0.1) is 6.92 Å². The van der Waals surface area contributed by atoms with Crippen LogP contribution < -0.4 is 4.90 Å². The van der Waals surface area contributed by atoms with E-state index in [0.29, 0.717) is 23.1 Å². The fourth-order valence-electron chi connectivity index (χ4n) is 3.14. The fourth-order valence-corrected chi connectivity index (χ4v) is 4.13. The molecule has 0 atom stereocenters. The summed E-state index contributed by atoms with van der Waals surface area (Å²) in [6.07, 6.45) is 0.860. The quantitative estimate of drug-likeness (QED) is 0.649. The van der Waals surface area contributed by atoms with Gasteiger partial charge in [0.05, 0.1) is 23.4 Å². The molecule has 4 rings (SSSR count). The number of para-hydroxylation sites is 1. The zero-order valence-electron chi connectivity index (χ0n) is 15.3. The van der Waals surface area contributed by atoms with Crippen molar-refractivity contribution in [1.82, 2.24) is 15.0 Å². The predicted molar refractivity (Wildman–Crippen MR) is 104 cm³/mol. The second-order valence-electron chi connectivity index (χ2n) is 6.55. The Kier molecular flexibility index (Phi) is 5.47. The van der Waals surface area contributed by atoms with Gasteiger partial charge in [0.2, 0.25) is 0 Å². The molecule has 8 heteroatoms. The molecule has 2 aromatic heterocycles. The van der Waals surface area contributed by atoms with Gasteiger partial charge in [-0.15, -0.1) is 0 Å². The zero-order valence-corrected chi connectivity index (χ0v) is 16.1. The number of aromatic nitrogens is 2. The van der Waals surface area contributed by atoms with Gasteiger partial charge in [0.15, 0.2) is 10.8 Å². The summed E-state index contributed by atoms with van der Waals surface area (Å²) in [4.78, 5) is 21.8. The molecule has 0 N–H and O–H groups in total. The Bertz CT molecular complexity index is 883. The largest absolute Gasteiger partial charge is 0.379 e. The van der Waals surface area contributed by atoms with Crippen LogP contribution in [-0.2, 0) is 4.74 Å². The monoisotopic (exact) mass is 386 g/mol. The smallest absolute Gasteiger partial charge is 0.282 e. The Morgan fingerprint density at radius 3 is 2.85 bits per heavy atom. The number of ether oxygens (including phenoxy) is 1. The maximum Gasteiger partial charge on any atom is 0.282 e. The number of carbonyl (C=O) groups is 1.